The van der Waals surface area contributed by atoms with Crippen molar-refractivity contribution in [2.75, 3.05) is 15.4 Å². The fraction of sp³-hybridized carbons (Fsp3) is 0.0952. The number of rotatable bonds is 7. The molecule has 1 aromatic heterocycles. The molecule has 0 aliphatic carbocycles. The van der Waals surface area contributed by atoms with Crippen molar-refractivity contribution in [2.45, 2.75) is 18.4 Å². The molecule has 3 rings (SSSR count). The summed E-state index contributed by atoms with van der Waals surface area (Å²) in [6.07, 6.45) is 3.31. The van der Waals surface area contributed by atoms with Crippen LogP contribution < -0.4 is 20.7 Å². The Morgan fingerprint density at radius 1 is 0.871 bits per heavy atom. The smallest absolute Gasteiger partial charge is 0.319 e. The number of aromatic nitrogens is 1. The molecular formula is C21H21N5O4S. The van der Waals surface area contributed by atoms with Crippen LogP contribution in [-0.4, -0.2) is 25.3 Å². The molecule has 0 unspecified atom stereocenters. The number of hydrogen-bond acceptors (Lipinski definition) is 5. The topological polar surface area (TPSA) is 129 Å². The predicted octanol–water partition coefficient (Wildman–Crippen LogP) is 3.16. The highest BCUT2D eigenvalue weighted by atomic mass is 32.2. The molecule has 0 saturated carbocycles. The number of nitrogens with zero attached hydrogens (tertiary/aromatic N) is 1. The minimum atomic E-state index is -3.80. The van der Waals surface area contributed by atoms with Crippen LogP contribution in [0.2, 0.25) is 0 Å². The lowest BCUT2D eigenvalue weighted by molar-refractivity contribution is -0.114. The Labute approximate surface area is 180 Å². The van der Waals surface area contributed by atoms with Crippen LogP contribution in [0, 0.1) is 0 Å². The maximum absolute atomic E-state index is 12.5. The van der Waals surface area contributed by atoms with E-state index < -0.39 is 16.1 Å². The van der Waals surface area contributed by atoms with E-state index in [0.717, 1.165) is 5.56 Å². The first-order valence-corrected chi connectivity index (χ1v) is 10.7. The molecule has 0 spiro atoms. The third-order valence-corrected chi connectivity index (χ3v) is 5.45. The predicted molar refractivity (Wildman–Crippen MR) is 118 cm³/mol. The summed E-state index contributed by atoms with van der Waals surface area (Å²) >= 11 is 0. The van der Waals surface area contributed by atoms with E-state index in [2.05, 4.69) is 25.7 Å². The van der Waals surface area contributed by atoms with Gasteiger partial charge in [0.15, 0.2) is 0 Å². The SMILES string of the molecule is CC(=O)Nc1ccc(S(=O)(=O)Nc2ccc(NC(=O)NCc3cccnc3)cc2)cc1. The van der Waals surface area contributed by atoms with Gasteiger partial charge in [0.05, 0.1) is 4.90 Å². The highest BCUT2D eigenvalue weighted by Crippen LogP contribution is 2.20. The summed E-state index contributed by atoms with van der Waals surface area (Å²) in [6, 6.07) is 15.3. The van der Waals surface area contributed by atoms with Crippen LogP contribution in [0.25, 0.3) is 0 Å². The lowest BCUT2D eigenvalue weighted by atomic mass is 10.3. The zero-order valence-electron chi connectivity index (χ0n) is 16.6. The lowest BCUT2D eigenvalue weighted by Crippen LogP contribution is -2.28. The number of urea groups is 1. The van der Waals surface area contributed by atoms with Crippen molar-refractivity contribution < 1.29 is 18.0 Å². The van der Waals surface area contributed by atoms with Gasteiger partial charge in [0.2, 0.25) is 5.91 Å². The van der Waals surface area contributed by atoms with Gasteiger partial charge in [-0.25, -0.2) is 13.2 Å². The largest absolute Gasteiger partial charge is 0.334 e. The highest BCUT2D eigenvalue weighted by molar-refractivity contribution is 7.92. The van der Waals surface area contributed by atoms with E-state index in [1.807, 2.05) is 6.07 Å². The molecule has 0 aliphatic heterocycles. The molecule has 0 radical (unpaired) electrons. The summed E-state index contributed by atoms with van der Waals surface area (Å²) in [7, 11) is -3.80. The molecule has 10 heteroatoms. The first-order chi connectivity index (χ1) is 14.8. The van der Waals surface area contributed by atoms with Crippen LogP contribution in [0.3, 0.4) is 0 Å². The lowest BCUT2D eigenvalue weighted by Gasteiger charge is -2.11. The quantitative estimate of drug-likeness (QED) is 0.449. The average Bonchev–Trinajstić information content (AvgIpc) is 2.74. The Morgan fingerprint density at radius 3 is 2.10 bits per heavy atom. The molecule has 3 aromatic rings. The fourth-order valence-electron chi connectivity index (χ4n) is 2.62. The molecule has 1 heterocycles. The van der Waals surface area contributed by atoms with Crippen molar-refractivity contribution in [1.29, 1.82) is 0 Å². The Bertz CT molecular complexity index is 1150. The summed E-state index contributed by atoms with van der Waals surface area (Å²) in [5.41, 5.74) is 2.22. The molecular weight excluding hydrogens is 418 g/mol. The minimum Gasteiger partial charge on any atom is -0.334 e. The summed E-state index contributed by atoms with van der Waals surface area (Å²) in [5, 5.41) is 7.96. The normalized spacial score (nSPS) is 10.7. The molecule has 0 aliphatic rings. The van der Waals surface area contributed by atoms with E-state index in [4.69, 9.17) is 0 Å². The second-order valence-electron chi connectivity index (χ2n) is 6.56. The maximum Gasteiger partial charge on any atom is 0.319 e. The number of benzene rings is 2. The highest BCUT2D eigenvalue weighted by Gasteiger charge is 2.14. The Morgan fingerprint density at radius 2 is 1.48 bits per heavy atom. The number of pyridine rings is 1. The van der Waals surface area contributed by atoms with Crippen LogP contribution >= 0.6 is 0 Å². The van der Waals surface area contributed by atoms with Gasteiger partial charge in [-0.2, -0.15) is 0 Å². The Balaban J connectivity index is 1.56. The first-order valence-electron chi connectivity index (χ1n) is 9.26. The van der Waals surface area contributed by atoms with Gasteiger partial charge in [-0.3, -0.25) is 14.5 Å². The van der Waals surface area contributed by atoms with Gasteiger partial charge in [-0.05, 0) is 60.2 Å². The third kappa shape index (κ3) is 6.54. The van der Waals surface area contributed by atoms with Crippen LogP contribution in [0.4, 0.5) is 21.9 Å². The molecule has 0 fully saturated rings. The maximum atomic E-state index is 12.5. The third-order valence-electron chi connectivity index (χ3n) is 4.06. The number of hydrogen-bond donors (Lipinski definition) is 4. The molecule has 9 nitrogen and oxygen atoms in total. The fourth-order valence-corrected chi connectivity index (χ4v) is 3.68. The van der Waals surface area contributed by atoms with Gasteiger partial charge in [0, 0.05) is 42.9 Å². The first kappa shape index (κ1) is 21.8. The van der Waals surface area contributed by atoms with Crippen LogP contribution in [0.5, 0.6) is 0 Å². The van der Waals surface area contributed by atoms with Gasteiger partial charge in [0.1, 0.15) is 0 Å². The van der Waals surface area contributed by atoms with Gasteiger partial charge < -0.3 is 16.0 Å². The molecule has 31 heavy (non-hydrogen) atoms. The van der Waals surface area contributed by atoms with Crippen molar-refractivity contribution in [1.82, 2.24) is 10.3 Å². The molecule has 0 bridgehead atoms. The van der Waals surface area contributed by atoms with E-state index in [1.54, 1.807) is 42.7 Å². The number of carbonyl (C=O) groups is 2. The van der Waals surface area contributed by atoms with Crippen molar-refractivity contribution in [3.8, 4) is 0 Å². The minimum absolute atomic E-state index is 0.0542. The van der Waals surface area contributed by atoms with Crippen molar-refractivity contribution >= 4 is 39.0 Å². The average molecular weight is 439 g/mol. The van der Waals surface area contributed by atoms with E-state index in [1.165, 1.54) is 31.2 Å². The van der Waals surface area contributed by atoms with E-state index in [9.17, 15) is 18.0 Å². The molecule has 0 saturated heterocycles. The molecule has 2 aromatic carbocycles. The number of carbonyl (C=O) groups excluding carboxylic acids is 2. The summed E-state index contributed by atoms with van der Waals surface area (Å²) in [5.74, 6) is -0.242. The standard InChI is InChI=1S/C21H21N5O4S/c1-15(27)24-17-8-10-20(11-9-17)31(29,30)26-19-6-4-18(5-7-19)25-21(28)23-14-16-3-2-12-22-13-16/h2-13,26H,14H2,1H3,(H,24,27)(H2,23,25,28). The van der Waals surface area contributed by atoms with Gasteiger partial charge in [-0.15, -0.1) is 0 Å². The van der Waals surface area contributed by atoms with Crippen LogP contribution in [0.15, 0.2) is 78.0 Å². The molecule has 4 N–H and O–H groups in total. The van der Waals surface area contributed by atoms with Gasteiger partial charge in [-0.1, -0.05) is 6.07 Å². The molecule has 3 amide bonds. The van der Waals surface area contributed by atoms with Gasteiger partial charge >= 0.3 is 6.03 Å². The van der Waals surface area contributed by atoms with E-state index in [0.29, 0.717) is 23.6 Å². The number of amides is 3. The summed E-state index contributed by atoms with van der Waals surface area (Å²) in [4.78, 5) is 27.1. The van der Waals surface area contributed by atoms with Crippen molar-refractivity contribution in [2.24, 2.45) is 0 Å². The van der Waals surface area contributed by atoms with E-state index >= 15 is 0 Å². The van der Waals surface area contributed by atoms with Crippen LogP contribution in [0.1, 0.15) is 12.5 Å². The Hall–Kier alpha value is -3.92. The molecule has 0 atom stereocenters. The molecule has 160 valence electrons. The van der Waals surface area contributed by atoms with Gasteiger partial charge in [0.25, 0.3) is 10.0 Å². The summed E-state index contributed by atoms with van der Waals surface area (Å²) < 4.78 is 27.5. The number of sulfonamides is 1. The van der Waals surface area contributed by atoms with E-state index in [-0.39, 0.29) is 10.8 Å². The van der Waals surface area contributed by atoms with Crippen molar-refractivity contribution in [3.05, 3.63) is 78.6 Å². The number of nitrogens with one attached hydrogen (secondary N) is 4. The zero-order chi connectivity index (χ0) is 22.3. The Kier molecular flexibility index (Phi) is 6.83. The second kappa shape index (κ2) is 9.72. The zero-order valence-corrected chi connectivity index (χ0v) is 17.4. The second-order valence-corrected chi connectivity index (χ2v) is 8.24. The number of anilines is 3. The summed E-state index contributed by atoms with van der Waals surface area (Å²) in [6.45, 7) is 1.70. The monoisotopic (exact) mass is 439 g/mol. The van der Waals surface area contributed by atoms with Crippen molar-refractivity contribution in [3.63, 3.8) is 0 Å². The van der Waals surface area contributed by atoms with Crippen LogP contribution in [-0.2, 0) is 21.4 Å².